The van der Waals surface area contributed by atoms with Crippen LogP contribution in [0.4, 0.5) is 21.7 Å². The number of methoxy groups -OCH3 is 1. The van der Waals surface area contributed by atoms with Crippen LogP contribution >= 0.6 is 12.4 Å². The minimum atomic E-state index is -0.469. The van der Waals surface area contributed by atoms with Gasteiger partial charge in [-0.2, -0.15) is 0 Å². The number of carbonyl (C=O) groups excluding carboxylic acids is 1. The van der Waals surface area contributed by atoms with E-state index >= 15 is 0 Å². The predicted octanol–water partition coefficient (Wildman–Crippen LogP) is 4.83. The molecule has 2 aromatic carbocycles. The lowest BCUT2D eigenvalue weighted by Gasteiger charge is -2.34. The number of rotatable bonds is 7. The van der Waals surface area contributed by atoms with Crippen LogP contribution in [0.25, 0.3) is 22.5 Å². The summed E-state index contributed by atoms with van der Waals surface area (Å²) < 4.78 is 20.1. The van der Waals surface area contributed by atoms with Crippen LogP contribution in [0.5, 0.6) is 5.75 Å². The first-order chi connectivity index (χ1) is 21.4. The molecule has 0 spiro atoms. The molecule has 1 atom stereocenters. The third-order valence-corrected chi connectivity index (χ3v) is 8.24. The van der Waals surface area contributed by atoms with Crippen molar-refractivity contribution in [2.75, 3.05) is 63.6 Å². The van der Waals surface area contributed by atoms with Crippen molar-refractivity contribution < 1.29 is 13.9 Å². The highest BCUT2D eigenvalue weighted by molar-refractivity contribution is 5.95. The van der Waals surface area contributed by atoms with E-state index in [0.29, 0.717) is 22.9 Å². The number of amides is 1. The van der Waals surface area contributed by atoms with Gasteiger partial charge in [0.15, 0.2) is 5.82 Å². The maximum Gasteiger partial charge on any atom is 0.253 e. The fourth-order valence-electron chi connectivity index (χ4n) is 5.78. The van der Waals surface area contributed by atoms with Gasteiger partial charge in [-0.25, -0.2) is 19.3 Å². The lowest BCUT2D eigenvalue weighted by atomic mass is 10.00. The average Bonchev–Trinajstić information content (AvgIpc) is 3.05. The minimum Gasteiger partial charge on any atom is -0.496 e. The van der Waals surface area contributed by atoms with Gasteiger partial charge in [0, 0.05) is 80.6 Å². The number of nitrogens with zero attached hydrogens (tertiary/aromatic N) is 6. The second-order valence-corrected chi connectivity index (χ2v) is 11.3. The average molecular weight is 633 g/mol. The van der Waals surface area contributed by atoms with Crippen molar-refractivity contribution in [3.05, 3.63) is 78.4 Å². The molecule has 4 aromatic rings. The Kier molecular flexibility index (Phi) is 10.1. The third kappa shape index (κ3) is 7.16. The molecule has 2 fully saturated rings. The lowest BCUT2D eigenvalue weighted by Crippen LogP contribution is -2.47. The number of nitrogens with two attached hydrogens (primary N) is 1. The molecule has 4 heterocycles. The van der Waals surface area contributed by atoms with Gasteiger partial charge in [-0.1, -0.05) is 18.2 Å². The number of pyridine rings is 1. The second kappa shape index (κ2) is 14.2. The van der Waals surface area contributed by atoms with E-state index in [1.807, 2.05) is 41.4 Å². The predicted molar refractivity (Wildman–Crippen MR) is 177 cm³/mol. The largest absolute Gasteiger partial charge is 0.496 e. The fourth-order valence-corrected chi connectivity index (χ4v) is 5.78. The summed E-state index contributed by atoms with van der Waals surface area (Å²) in [4.78, 5) is 33.1. The molecule has 12 heteroatoms. The number of anilines is 3. The number of hydrogen-bond donors (Lipinski definition) is 2. The van der Waals surface area contributed by atoms with Crippen molar-refractivity contribution in [1.82, 2.24) is 24.8 Å². The molecule has 3 N–H and O–H groups in total. The summed E-state index contributed by atoms with van der Waals surface area (Å²) in [6.45, 7) is 4.82. The molecule has 0 saturated carbocycles. The van der Waals surface area contributed by atoms with Gasteiger partial charge in [-0.05, 0) is 55.8 Å². The molecule has 2 saturated heterocycles. The van der Waals surface area contributed by atoms with Crippen LogP contribution in [0.2, 0.25) is 0 Å². The number of halogens is 2. The second-order valence-electron chi connectivity index (χ2n) is 11.3. The summed E-state index contributed by atoms with van der Waals surface area (Å²) in [6.07, 6.45) is 5.37. The van der Waals surface area contributed by atoms with Crippen LogP contribution in [0.3, 0.4) is 0 Å². The Morgan fingerprint density at radius 3 is 2.53 bits per heavy atom. The van der Waals surface area contributed by atoms with Gasteiger partial charge in [0.05, 0.1) is 12.7 Å². The van der Waals surface area contributed by atoms with Crippen molar-refractivity contribution in [2.45, 2.75) is 18.9 Å². The molecule has 236 valence electrons. The van der Waals surface area contributed by atoms with Gasteiger partial charge in [-0.15, -0.1) is 12.4 Å². The molecule has 0 aliphatic carbocycles. The zero-order valence-electron chi connectivity index (χ0n) is 25.4. The maximum absolute atomic E-state index is 14.7. The highest BCUT2D eigenvalue weighted by atomic mass is 35.5. The summed E-state index contributed by atoms with van der Waals surface area (Å²) >= 11 is 0. The minimum absolute atomic E-state index is 0. The van der Waals surface area contributed by atoms with Crippen LogP contribution in [0, 0.1) is 5.82 Å². The first-order valence-electron chi connectivity index (χ1n) is 14.9. The summed E-state index contributed by atoms with van der Waals surface area (Å²) in [5, 5.41) is 3.27. The van der Waals surface area contributed by atoms with E-state index in [1.54, 1.807) is 24.4 Å². The van der Waals surface area contributed by atoms with Crippen LogP contribution in [-0.2, 0) is 0 Å². The Morgan fingerprint density at radius 2 is 1.80 bits per heavy atom. The molecule has 45 heavy (non-hydrogen) atoms. The summed E-state index contributed by atoms with van der Waals surface area (Å²) in [5.74, 6) is 1.19. The zero-order valence-corrected chi connectivity index (χ0v) is 26.3. The summed E-state index contributed by atoms with van der Waals surface area (Å²) in [6, 6.07) is 16.1. The van der Waals surface area contributed by atoms with Gasteiger partial charge in [-0.3, -0.25) is 4.79 Å². The van der Waals surface area contributed by atoms with E-state index < -0.39 is 5.82 Å². The molecule has 0 bridgehead atoms. The number of benzene rings is 2. The van der Waals surface area contributed by atoms with Crippen molar-refractivity contribution in [2.24, 2.45) is 5.73 Å². The van der Waals surface area contributed by atoms with Crippen LogP contribution < -0.4 is 20.7 Å². The maximum atomic E-state index is 14.7. The van der Waals surface area contributed by atoms with Crippen LogP contribution in [0.1, 0.15) is 23.2 Å². The first-order valence-corrected chi connectivity index (χ1v) is 14.9. The molecule has 10 nitrogen and oxygen atoms in total. The standard InChI is InChI=1S/C33H37FN8O2.ClH/c1-40-15-17-41(18-16-40)33(43)23-10-8-22(9-11-23)25-20-37-30(19-27(25)42-14-4-5-24(35)21-42)38-29-12-13-36-32(39-29)31-26(34)6-3-7-28(31)44-2;/h3,6-13,19-20,24H,4-5,14-18,21,35H2,1-2H3,(H,36,37,38,39);1H/t24-;/m0./s1. The molecule has 2 aliphatic rings. The highest BCUT2D eigenvalue weighted by Crippen LogP contribution is 2.35. The Labute approximate surface area is 268 Å². The fraction of sp³-hybridized carbons (Fsp3) is 0.333. The van der Waals surface area contributed by atoms with E-state index in [4.69, 9.17) is 15.5 Å². The Balaban J connectivity index is 0.00000400. The van der Waals surface area contributed by atoms with E-state index in [9.17, 15) is 9.18 Å². The molecule has 2 aromatic heterocycles. The number of carbonyl (C=O) groups is 1. The first kappa shape index (κ1) is 32.1. The number of hydrogen-bond acceptors (Lipinski definition) is 9. The molecule has 6 rings (SSSR count). The molecule has 0 unspecified atom stereocenters. The number of piperidine rings is 1. The van der Waals surface area contributed by atoms with Gasteiger partial charge in [0.1, 0.15) is 23.2 Å². The topological polar surface area (TPSA) is 113 Å². The monoisotopic (exact) mass is 632 g/mol. The van der Waals surface area contributed by atoms with Crippen LogP contribution in [0.15, 0.2) is 67.0 Å². The number of piperazine rings is 1. The normalized spacial score (nSPS) is 17.0. The van der Waals surface area contributed by atoms with E-state index in [1.165, 1.54) is 13.2 Å². The van der Waals surface area contributed by atoms with Crippen molar-refractivity contribution in [1.29, 1.82) is 0 Å². The highest BCUT2D eigenvalue weighted by Gasteiger charge is 2.23. The molecule has 2 aliphatic heterocycles. The van der Waals surface area contributed by atoms with E-state index in [-0.39, 0.29) is 35.7 Å². The number of nitrogens with one attached hydrogen (secondary N) is 1. The molecule has 1 amide bonds. The number of likely N-dealkylation sites (N-methyl/N-ethyl adjacent to an activating group) is 1. The number of aromatic nitrogens is 3. The van der Waals surface area contributed by atoms with Crippen molar-refractivity contribution >= 4 is 35.6 Å². The molecular weight excluding hydrogens is 595 g/mol. The van der Waals surface area contributed by atoms with Crippen molar-refractivity contribution in [3.8, 4) is 28.3 Å². The van der Waals surface area contributed by atoms with Gasteiger partial charge < -0.3 is 30.5 Å². The van der Waals surface area contributed by atoms with E-state index in [0.717, 1.165) is 68.9 Å². The number of ether oxygens (including phenoxy) is 1. The van der Waals surface area contributed by atoms with Gasteiger partial charge in [0.2, 0.25) is 0 Å². The van der Waals surface area contributed by atoms with Crippen LogP contribution in [-0.4, -0.2) is 90.1 Å². The quantitative estimate of drug-likeness (QED) is 0.296. The lowest BCUT2D eigenvalue weighted by molar-refractivity contribution is 0.0664. The zero-order chi connectivity index (χ0) is 30.6. The SMILES string of the molecule is COc1cccc(F)c1-c1nccc(Nc2cc(N3CCC[C@H](N)C3)c(-c3ccc(C(=O)N4CCN(C)CC4)cc3)cn2)n1.Cl. The Morgan fingerprint density at radius 1 is 1.02 bits per heavy atom. The third-order valence-electron chi connectivity index (χ3n) is 8.24. The van der Waals surface area contributed by atoms with Gasteiger partial charge in [0.25, 0.3) is 5.91 Å². The summed E-state index contributed by atoms with van der Waals surface area (Å²) in [7, 11) is 3.56. The molecule has 0 radical (unpaired) electrons. The van der Waals surface area contributed by atoms with Gasteiger partial charge >= 0.3 is 0 Å². The Hall–Kier alpha value is -4.32. The van der Waals surface area contributed by atoms with Crippen molar-refractivity contribution in [3.63, 3.8) is 0 Å². The molecular formula is C33H38ClFN8O2. The smallest absolute Gasteiger partial charge is 0.253 e. The Bertz CT molecular complexity index is 1630. The summed E-state index contributed by atoms with van der Waals surface area (Å²) in [5.41, 5.74) is 10.1. The van der Waals surface area contributed by atoms with E-state index in [2.05, 4.69) is 32.1 Å².